The molecule has 1 aromatic heterocycles. The fraction of sp³-hybridized carbons (Fsp3) is 0.455. The SMILES string of the molecule is O=C(C1CC1)N1CC[C@@H](OCc2ccccn2)[C@@H](Cc2ccccc2)C1. The van der Waals surface area contributed by atoms with E-state index >= 15 is 0 Å². The molecule has 0 radical (unpaired) electrons. The summed E-state index contributed by atoms with van der Waals surface area (Å²) < 4.78 is 6.26. The summed E-state index contributed by atoms with van der Waals surface area (Å²) in [6.07, 6.45) is 5.96. The summed E-state index contributed by atoms with van der Waals surface area (Å²) in [5.41, 5.74) is 2.27. The number of rotatable bonds is 6. The van der Waals surface area contributed by atoms with Crippen LogP contribution in [0.25, 0.3) is 0 Å². The van der Waals surface area contributed by atoms with Crippen molar-refractivity contribution in [2.24, 2.45) is 11.8 Å². The van der Waals surface area contributed by atoms with Gasteiger partial charge in [0.05, 0.1) is 18.4 Å². The molecule has 0 unspecified atom stereocenters. The van der Waals surface area contributed by atoms with Gasteiger partial charge >= 0.3 is 0 Å². The Labute approximate surface area is 155 Å². The average Bonchev–Trinajstić information content (AvgIpc) is 3.53. The molecule has 2 atom stereocenters. The van der Waals surface area contributed by atoms with Gasteiger partial charge in [-0.15, -0.1) is 0 Å². The number of benzene rings is 1. The first kappa shape index (κ1) is 17.2. The number of pyridine rings is 1. The van der Waals surface area contributed by atoms with E-state index in [0.29, 0.717) is 24.3 Å². The van der Waals surface area contributed by atoms with Crippen molar-refractivity contribution in [1.82, 2.24) is 9.88 Å². The van der Waals surface area contributed by atoms with Crippen LogP contribution in [0.5, 0.6) is 0 Å². The first-order chi connectivity index (χ1) is 12.8. The summed E-state index contributed by atoms with van der Waals surface area (Å²) in [4.78, 5) is 19.0. The number of carbonyl (C=O) groups is 1. The second-order valence-electron chi connectivity index (χ2n) is 7.47. The van der Waals surface area contributed by atoms with Crippen LogP contribution in [-0.2, 0) is 22.6 Å². The molecule has 4 nitrogen and oxygen atoms in total. The van der Waals surface area contributed by atoms with Crippen LogP contribution >= 0.6 is 0 Å². The molecule has 0 bridgehead atoms. The van der Waals surface area contributed by atoms with E-state index in [1.54, 1.807) is 6.20 Å². The molecule has 136 valence electrons. The number of aromatic nitrogens is 1. The normalized spacial score (nSPS) is 23.0. The van der Waals surface area contributed by atoms with Crippen LogP contribution in [-0.4, -0.2) is 35.0 Å². The first-order valence-corrected chi connectivity index (χ1v) is 9.64. The highest BCUT2D eigenvalue weighted by Gasteiger charge is 2.38. The van der Waals surface area contributed by atoms with E-state index in [1.165, 1.54) is 5.56 Å². The number of hydrogen-bond donors (Lipinski definition) is 0. The van der Waals surface area contributed by atoms with Gasteiger partial charge in [0.25, 0.3) is 0 Å². The second kappa shape index (κ2) is 8.00. The third kappa shape index (κ3) is 4.31. The van der Waals surface area contributed by atoms with Gasteiger partial charge in [0.1, 0.15) is 0 Å². The lowest BCUT2D eigenvalue weighted by molar-refractivity contribution is -0.138. The summed E-state index contributed by atoms with van der Waals surface area (Å²) >= 11 is 0. The molecule has 1 aliphatic carbocycles. The largest absolute Gasteiger partial charge is 0.371 e. The van der Waals surface area contributed by atoms with Gasteiger partial charge in [0.2, 0.25) is 5.91 Å². The number of likely N-dealkylation sites (tertiary alicyclic amines) is 1. The van der Waals surface area contributed by atoms with Gasteiger partial charge in [-0.3, -0.25) is 9.78 Å². The van der Waals surface area contributed by atoms with Crippen LogP contribution in [0.4, 0.5) is 0 Å². The van der Waals surface area contributed by atoms with Crippen molar-refractivity contribution in [2.75, 3.05) is 13.1 Å². The van der Waals surface area contributed by atoms with Gasteiger partial charge in [-0.2, -0.15) is 0 Å². The van der Waals surface area contributed by atoms with Crippen LogP contribution in [0.3, 0.4) is 0 Å². The van der Waals surface area contributed by atoms with Crippen molar-refractivity contribution in [3.8, 4) is 0 Å². The summed E-state index contributed by atoms with van der Waals surface area (Å²) in [7, 11) is 0. The van der Waals surface area contributed by atoms with Crippen LogP contribution in [0.15, 0.2) is 54.7 Å². The van der Waals surface area contributed by atoms with Crippen LogP contribution in [0, 0.1) is 11.8 Å². The molecule has 0 spiro atoms. The van der Waals surface area contributed by atoms with Gasteiger partial charge < -0.3 is 9.64 Å². The fourth-order valence-electron chi connectivity index (χ4n) is 3.81. The molecule has 26 heavy (non-hydrogen) atoms. The van der Waals surface area contributed by atoms with Gasteiger partial charge in [0.15, 0.2) is 0 Å². The summed E-state index contributed by atoms with van der Waals surface area (Å²) in [5, 5.41) is 0. The number of piperidine rings is 1. The summed E-state index contributed by atoms with van der Waals surface area (Å²) in [6, 6.07) is 16.4. The van der Waals surface area contributed by atoms with Crippen molar-refractivity contribution in [3.63, 3.8) is 0 Å². The minimum atomic E-state index is 0.167. The third-order valence-electron chi connectivity index (χ3n) is 5.41. The Bertz CT molecular complexity index is 715. The highest BCUT2D eigenvalue weighted by molar-refractivity contribution is 5.81. The van der Waals surface area contributed by atoms with E-state index in [4.69, 9.17) is 4.74 Å². The minimum Gasteiger partial charge on any atom is -0.371 e. The van der Waals surface area contributed by atoms with E-state index in [0.717, 1.165) is 44.5 Å². The molecule has 1 aliphatic heterocycles. The highest BCUT2D eigenvalue weighted by atomic mass is 16.5. The maximum atomic E-state index is 12.5. The molecular weight excluding hydrogens is 324 g/mol. The van der Waals surface area contributed by atoms with Crippen molar-refractivity contribution in [2.45, 2.75) is 38.4 Å². The first-order valence-electron chi connectivity index (χ1n) is 9.64. The van der Waals surface area contributed by atoms with E-state index < -0.39 is 0 Å². The maximum absolute atomic E-state index is 12.5. The molecule has 2 aliphatic rings. The van der Waals surface area contributed by atoms with Crippen LogP contribution in [0.2, 0.25) is 0 Å². The van der Waals surface area contributed by atoms with Crippen molar-refractivity contribution < 1.29 is 9.53 Å². The summed E-state index contributed by atoms with van der Waals surface area (Å²) in [6.45, 7) is 2.15. The highest BCUT2D eigenvalue weighted by Crippen LogP contribution is 2.33. The van der Waals surface area contributed by atoms with Crippen molar-refractivity contribution in [1.29, 1.82) is 0 Å². The fourth-order valence-corrected chi connectivity index (χ4v) is 3.81. The molecule has 4 rings (SSSR count). The monoisotopic (exact) mass is 350 g/mol. The predicted octanol–water partition coefficient (Wildman–Crippen LogP) is 3.47. The standard InChI is InChI=1S/C22H26N2O2/c25-22(18-9-10-18)24-13-11-21(26-16-20-8-4-5-12-23-20)19(15-24)14-17-6-2-1-3-7-17/h1-8,12,18-19,21H,9-11,13-16H2/t19-,21+/m0/s1. The number of hydrogen-bond acceptors (Lipinski definition) is 3. The van der Waals surface area contributed by atoms with E-state index in [-0.39, 0.29) is 6.10 Å². The predicted molar refractivity (Wildman–Crippen MR) is 100 cm³/mol. The topological polar surface area (TPSA) is 42.4 Å². The van der Waals surface area contributed by atoms with E-state index in [9.17, 15) is 4.79 Å². The van der Waals surface area contributed by atoms with Crippen LogP contribution < -0.4 is 0 Å². The molecule has 2 heterocycles. The Morgan fingerprint density at radius 1 is 1.08 bits per heavy atom. The molecule has 1 saturated heterocycles. The lowest BCUT2D eigenvalue weighted by Gasteiger charge is -2.38. The van der Waals surface area contributed by atoms with Gasteiger partial charge in [0, 0.05) is 31.1 Å². The van der Waals surface area contributed by atoms with Gasteiger partial charge in [-0.1, -0.05) is 36.4 Å². The molecule has 1 aromatic carbocycles. The Morgan fingerprint density at radius 2 is 1.88 bits per heavy atom. The Kier molecular flexibility index (Phi) is 5.30. The lowest BCUT2D eigenvalue weighted by Crippen LogP contribution is -2.48. The van der Waals surface area contributed by atoms with E-state index in [2.05, 4.69) is 34.1 Å². The molecule has 2 fully saturated rings. The molecule has 2 aromatic rings. The third-order valence-corrected chi connectivity index (χ3v) is 5.41. The lowest BCUT2D eigenvalue weighted by atomic mass is 9.88. The minimum absolute atomic E-state index is 0.167. The molecule has 0 N–H and O–H groups in total. The number of nitrogens with zero attached hydrogens (tertiary/aromatic N) is 2. The maximum Gasteiger partial charge on any atom is 0.225 e. The molecular formula is C22H26N2O2. The zero-order valence-corrected chi connectivity index (χ0v) is 15.1. The van der Waals surface area contributed by atoms with E-state index in [1.807, 2.05) is 24.3 Å². The Hall–Kier alpha value is -2.20. The van der Waals surface area contributed by atoms with Crippen LogP contribution in [0.1, 0.15) is 30.5 Å². The molecule has 1 saturated carbocycles. The Morgan fingerprint density at radius 3 is 2.62 bits per heavy atom. The molecule has 1 amide bonds. The number of carbonyl (C=O) groups excluding carboxylic acids is 1. The Balaban J connectivity index is 1.43. The summed E-state index contributed by atoms with van der Waals surface area (Å²) in [5.74, 6) is 0.974. The van der Waals surface area contributed by atoms with Gasteiger partial charge in [-0.05, 0) is 43.4 Å². The van der Waals surface area contributed by atoms with Crippen molar-refractivity contribution in [3.05, 3.63) is 66.0 Å². The van der Waals surface area contributed by atoms with Gasteiger partial charge in [-0.25, -0.2) is 0 Å². The zero-order chi connectivity index (χ0) is 17.8. The number of amides is 1. The zero-order valence-electron chi connectivity index (χ0n) is 15.1. The second-order valence-corrected chi connectivity index (χ2v) is 7.47. The number of ether oxygens (including phenoxy) is 1. The quantitative estimate of drug-likeness (QED) is 0.801. The van der Waals surface area contributed by atoms with Crippen molar-refractivity contribution >= 4 is 5.91 Å². The average molecular weight is 350 g/mol. The molecule has 4 heteroatoms. The smallest absolute Gasteiger partial charge is 0.225 e.